The van der Waals surface area contributed by atoms with Crippen molar-refractivity contribution in [3.8, 4) is 0 Å². The number of hydrogen-bond donors (Lipinski definition) is 0. The predicted molar refractivity (Wildman–Crippen MR) is 64.9 cm³/mol. The van der Waals surface area contributed by atoms with Crippen LogP contribution in [-0.2, 0) is 0 Å². The van der Waals surface area contributed by atoms with Gasteiger partial charge in [0.2, 0.25) is 0 Å². The Bertz CT molecular complexity index is 145. The molecular weight excluding hydrogens is 174 g/mol. The normalized spacial score (nSPS) is 15.8. The van der Waals surface area contributed by atoms with E-state index in [0.29, 0.717) is 0 Å². The molecule has 0 saturated carbocycles. The van der Waals surface area contributed by atoms with E-state index >= 15 is 0 Å². The van der Waals surface area contributed by atoms with Crippen LogP contribution in [0.25, 0.3) is 0 Å². The average Bonchev–Trinajstić information content (AvgIpc) is 2.04. The van der Waals surface area contributed by atoms with Crippen molar-refractivity contribution in [2.24, 2.45) is 0 Å². The molecule has 13 heavy (non-hydrogen) atoms. The Morgan fingerprint density at radius 1 is 1.31 bits per heavy atom. The van der Waals surface area contributed by atoms with Gasteiger partial charge in [-0.3, -0.25) is 0 Å². The number of hydrogen-bond acceptors (Lipinski definition) is 1. The fourth-order valence-corrected chi connectivity index (χ4v) is 6.56. The monoisotopic (exact) mass is 199 g/mol. The van der Waals surface area contributed by atoms with Crippen molar-refractivity contribution in [1.82, 2.24) is 4.90 Å². The molecule has 0 N–H and O–H groups in total. The molecule has 1 unspecified atom stereocenters. The van der Waals surface area contributed by atoms with Crippen molar-refractivity contribution in [3.63, 3.8) is 0 Å². The number of rotatable bonds is 7. The SMILES string of the molecule is C=CC[Si](CC)(CCC)CN(C)C. The summed E-state index contributed by atoms with van der Waals surface area (Å²) in [6.07, 6.45) is 4.79. The van der Waals surface area contributed by atoms with Crippen molar-refractivity contribution in [3.05, 3.63) is 12.7 Å². The van der Waals surface area contributed by atoms with Crippen LogP contribution >= 0.6 is 0 Å². The lowest BCUT2D eigenvalue weighted by atomic mass is 10.6. The highest BCUT2D eigenvalue weighted by Gasteiger charge is 2.28. The van der Waals surface area contributed by atoms with E-state index in [2.05, 4.69) is 45.5 Å². The quantitative estimate of drug-likeness (QED) is 0.450. The zero-order valence-corrected chi connectivity index (χ0v) is 10.8. The Labute approximate surface area is 84.8 Å². The van der Waals surface area contributed by atoms with E-state index in [-0.39, 0.29) is 0 Å². The molecule has 0 rings (SSSR count). The van der Waals surface area contributed by atoms with Gasteiger partial charge in [-0.1, -0.05) is 38.4 Å². The van der Waals surface area contributed by atoms with Crippen LogP contribution < -0.4 is 0 Å². The maximum atomic E-state index is 3.90. The fraction of sp³-hybridized carbons (Fsp3) is 0.818. The third-order valence-electron chi connectivity index (χ3n) is 2.76. The first-order valence-corrected chi connectivity index (χ1v) is 8.18. The Kier molecular flexibility index (Phi) is 6.34. The molecule has 0 radical (unpaired) electrons. The smallest absolute Gasteiger partial charge is 0.0724 e. The molecule has 0 fully saturated rings. The van der Waals surface area contributed by atoms with Gasteiger partial charge in [-0.25, -0.2) is 0 Å². The highest BCUT2D eigenvalue weighted by atomic mass is 28.3. The van der Waals surface area contributed by atoms with Crippen molar-refractivity contribution in [2.45, 2.75) is 38.4 Å². The van der Waals surface area contributed by atoms with Gasteiger partial charge in [0, 0.05) is 0 Å². The van der Waals surface area contributed by atoms with Crippen LogP contribution in [0.1, 0.15) is 20.3 Å². The van der Waals surface area contributed by atoms with Crippen molar-refractivity contribution >= 4 is 8.07 Å². The highest BCUT2D eigenvalue weighted by molar-refractivity contribution is 6.80. The van der Waals surface area contributed by atoms with Gasteiger partial charge in [0.15, 0.2) is 0 Å². The maximum absolute atomic E-state index is 3.90. The van der Waals surface area contributed by atoms with Gasteiger partial charge in [0.25, 0.3) is 0 Å². The first kappa shape index (κ1) is 12.9. The van der Waals surface area contributed by atoms with E-state index < -0.39 is 8.07 Å². The van der Waals surface area contributed by atoms with Crippen molar-refractivity contribution in [1.29, 1.82) is 0 Å². The Hall–Kier alpha value is -0.0831. The van der Waals surface area contributed by atoms with Gasteiger partial charge < -0.3 is 4.90 Å². The second-order valence-electron chi connectivity index (χ2n) is 4.33. The number of nitrogens with zero attached hydrogens (tertiary/aromatic N) is 1. The lowest BCUT2D eigenvalue weighted by Gasteiger charge is -2.32. The van der Waals surface area contributed by atoms with Gasteiger partial charge in [-0.2, -0.15) is 0 Å². The van der Waals surface area contributed by atoms with E-state index in [4.69, 9.17) is 0 Å². The minimum absolute atomic E-state index is 1.02. The second kappa shape index (κ2) is 6.38. The Morgan fingerprint density at radius 3 is 2.23 bits per heavy atom. The third kappa shape index (κ3) is 4.63. The van der Waals surface area contributed by atoms with Gasteiger partial charge in [-0.05, 0) is 26.3 Å². The predicted octanol–water partition coefficient (Wildman–Crippen LogP) is 3.15. The Morgan fingerprint density at radius 2 is 1.92 bits per heavy atom. The molecule has 1 nitrogen and oxygen atoms in total. The summed E-state index contributed by atoms with van der Waals surface area (Å²) in [6, 6.07) is 4.13. The molecule has 0 aromatic carbocycles. The van der Waals surface area contributed by atoms with Crippen molar-refractivity contribution in [2.75, 3.05) is 20.3 Å². The molecule has 78 valence electrons. The standard InChI is InChI=1S/C11H25NSi/c1-6-9-13(8-3,10-7-2)11-12(4)5/h6H,1,7-11H2,2-5H3. The van der Waals surface area contributed by atoms with Crippen LogP contribution in [0.4, 0.5) is 0 Å². The molecular formula is C11H25NSi. The molecule has 2 heteroatoms. The molecule has 0 aliphatic rings. The minimum atomic E-state index is -1.02. The summed E-state index contributed by atoms with van der Waals surface area (Å²) in [5.74, 6) is 0. The summed E-state index contributed by atoms with van der Waals surface area (Å²) in [6.45, 7) is 8.56. The first-order chi connectivity index (χ1) is 6.10. The molecule has 0 aliphatic carbocycles. The summed E-state index contributed by atoms with van der Waals surface area (Å²) in [7, 11) is 3.36. The van der Waals surface area contributed by atoms with Crippen LogP contribution in [0.2, 0.25) is 18.1 Å². The van der Waals surface area contributed by atoms with E-state index in [9.17, 15) is 0 Å². The topological polar surface area (TPSA) is 3.24 Å². The molecule has 1 atom stereocenters. The zero-order chi connectivity index (χ0) is 10.3. The van der Waals surface area contributed by atoms with E-state index in [1.807, 2.05) is 0 Å². The van der Waals surface area contributed by atoms with Gasteiger partial charge >= 0.3 is 0 Å². The van der Waals surface area contributed by atoms with Crippen LogP contribution in [0.3, 0.4) is 0 Å². The molecule has 0 saturated heterocycles. The maximum Gasteiger partial charge on any atom is 0.0724 e. The van der Waals surface area contributed by atoms with Crippen LogP contribution in [0.5, 0.6) is 0 Å². The van der Waals surface area contributed by atoms with Crippen LogP contribution in [0.15, 0.2) is 12.7 Å². The van der Waals surface area contributed by atoms with Crippen LogP contribution in [0, 0.1) is 0 Å². The molecule has 0 aliphatic heterocycles. The van der Waals surface area contributed by atoms with Crippen LogP contribution in [-0.4, -0.2) is 33.2 Å². The summed E-state index contributed by atoms with van der Waals surface area (Å²) in [4.78, 5) is 2.36. The third-order valence-corrected chi connectivity index (χ3v) is 8.28. The van der Waals surface area contributed by atoms with E-state index in [0.717, 1.165) is 0 Å². The largest absolute Gasteiger partial charge is 0.312 e. The summed E-state index contributed by atoms with van der Waals surface area (Å²) in [5.41, 5.74) is 0. The first-order valence-electron chi connectivity index (χ1n) is 5.36. The van der Waals surface area contributed by atoms with Gasteiger partial charge in [0.1, 0.15) is 0 Å². The zero-order valence-electron chi connectivity index (χ0n) is 9.77. The Balaban J connectivity index is 4.33. The summed E-state index contributed by atoms with van der Waals surface area (Å²) >= 11 is 0. The minimum Gasteiger partial charge on any atom is -0.312 e. The molecule has 0 amide bonds. The molecule has 0 aromatic heterocycles. The molecule has 0 bridgehead atoms. The average molecular weight is 199 g/mol. The van der Waals surface area contributed by atoms with Gasteiger partial charge in [0.05, 0.1) is 8.07 Å². The summed E-state index contributed by atoms with van der Waals surface area (Å²) in [5, 5.41) is 0. The lowest BCUT2D eigenvalue weighted by Crippen LogP contribution is -2.43. The van der Waals surface area contributed by atoms with E-state index in [1.54, 1.807) is 0 Å². The molecule has 0 spiro atoms. The lowest BCUT2D eigenvalue weighted by molar-refractivity contribution is 0.467. The summed E-state index contributed by atoms with van der Waals surface area (Å²) < 4.78 is 0. The molecule has 0 heterocycles. The fourth-order valence-electron chi connectivity index (χ4n) is 2.19. The van der Waals surface area contributed by atoms with Gasteiger partial charge in [-0.15, -0.1) is 6.58 Å². The highest BCUT2D eigenvalue weighted by Crippen LogP contribution is 2.23. The van der Waals surface area contributed by atoms with Crippen molar-refractivity contribution < 1.29 is 0 Å². The molecule has 0 aromatic rings. The second-order valence-corrected chi connectivity index (χ2v) is 9.27. The number of allylic oxidation sites excluding steroid dienone is 1. The van der Waals surface area contributed by atoms with E-state index in [1.165, 1.54) is 30.7 Å².